The predicted octanol–water partition coefficient (Wildman–Crippen LogP) is 4.00. The van der Waals surface area contributed by atoms with Crippen molar-refractivity contribution in [3.8, 4) is 34.2 Å². The lowest BCUT2D eigenvalue weighted by Crippen LogP contribution is -2.31. The third kappa shape index (κ3) is 5.94. The van der Waals surface area contributed by atoms with Gasteiger partial charge in [0.25, 0.3) is 0 Å². The predicted molar refractivity (Wildman–Crippen MR) is 142 cm³/mol. The molecule has 9 heteroatoms. The SMILES string of the molecule is CN(C)c1ccc(-c2cc(-c3ccccc3O)nc(N)c2C#N)cc1NCC(=O)NCC1CC1.Cl. The van der Waals surface area contributed by atoms with E-state index < -0.39 is 0 Å². The lowest BCUT2D eigenvalue weighted by molar-refractivity contribution is -0.119. The van der Waals surface area contributed by atoms with Crippen LogP contribution in [0.15, 0.2) is 48.5 Å². The van der Waals surface area contributed by atoms with E-state index >= 15 is 0 Å². The molecule has 4 rings (SSSR count). The minimum Gasteiger partial charge on any atom is -0.507 e. The largest absolute Gasteiger partial charge is 0.507 e. The fraction of sp³-hybridized carbons (Fsp3) is 0.269. The summed E-state index contributed by atoms with van der Waals surface area (Å²) in [4.78, 5) is 18.6. The van der Waals surface area contributed by atoms with Gasteiger partial charge in [0.05, 0.1) is 23.6 Å². The number of aromatic nitrogens is 1. The van der Waals surface area contributed by atoms with Crippen LogP contribution >= 0.6 is 12.4 Å². The molecule has 3 aromatic rings. The summed E-state index contributed by atoms with van der Waals surface area (Å²) < 4.78 is 0. The average molecular weight is 493 g/mol. The number of nitriles is 1. The van der Waals surface area contributed by atoms with Gasteiger partial charge in [-0.15, -0.1) is 12.4 Å². The molecule has 1 heterocycles. The van der Waals surface area contributed by atoms with Crippen LogP contribution in [0.25, 0.3) is 22.4 Å². The van der Waals surface area contributed by atoms with Crippen molar-refractivity contribution in [3.63, 3.8) is 0 Å². The highest BCUT2D eigenvalue weighted by Crippen LogP contribution is 2.37. The maximum atomic E-state index is 12.3. The van der Waals surface area contributed by atoms with Crippen LogP contribution in [0.2, 0.25) is 0 Å². The second-order valence-corrected chi connectivity index (χ2v) is 8.67. The molecule has 1 amide bonds. The van der Waals surface area contributed by atoms with Gasteiger partial charge in [0.2, 0.25) is 5.91 Å². The zero-order valence-corrected chi connectivity index (χ0v) is 20.5. The zero-order valence-electron chi connectivity index (χ0n) is 19.7. The Balaban J connectivity index is 0.00000342. The Morgan fingerprint density at radius 1 is 1.20 bits per heavy atom. The van der Waals surface area contributed by atoms with Crippen LogP contribution in [-0.2, 0) is 4.79 Å². The first-order valence-electron chi connectivity index (χ1n) is 11.2. The van der Waals surface area contributed by atoms with E-state index in [1.54, 1.807) is 30.3 Å². The lowest BCUT2D eigenvalue weighted by Gasteiger charge is -2.20. The van der Waals surface area contributed by atoms with Gasteiger partial charge in [0.15, 0.2) is 0 Å². The summed E-state index contributed by atoms with van der Waals surface area (Å²) in [7, 11) is 3.85. The van der Waals surface area contributed by atoms with Crippen molar-refractivity contribution in [2.24, 2.45) is 5.92 Å². The number of anilines is 3. The van der Waals surface area contributed by atoms with E-state index in [0.717, 1.165) is 23.5 Å². The van der Waals surface area contributed by atoms with Crippen molar-refractivity contribution >= 4 is 35.5 Å². The summed E-state index contributed by atoms with van der Waals surface area (Å²) in [6.07, 6.45) is 2.36. The number of nitrogens with zero attached hydrogens (tertiary/aromatic N) is 3. The van der Waals surface area contributed by atoms with Crippen LogP contribution in [0, 0.1) is 17.2 Å². The Hall–Kier alpha value is -3.96. The maximum Gasteiger partial charge on any atom is 0.239 e. The molecule has 0 atom stereocenters. The number of hydrogen-bond donors (Lipinski definition) is 4. The summed E-state index contributed by atoms with van der Waals surface area (Å²) in [5, 5.41) is 26.3. The molecule has 35 heavy (non-hydrogen) atoms. The molecule has 0 spiro atoms. The molecule has 5 N–H and O–H groups in total. The van der Waals surface area contributed by atoms with E-state index in [1.807, 2.05) is 37.2 Å². The van der Waals surface area contributed by atoms with Crippen molar-refractivity contribution < 1.29 is 9.90 Å². The molecule has 0 aliphatic heterocycles. The average Bonchev–Trinajstić information content (AvgIpc) is 3.65. The van der Waals surface area contributed by atoms with Crippen LogP contribution in [0.4, 0.5) is 17.2 Å². The molecule has 1 aliphatic carbocycles. The Kier molecular flexibility index (Phi) is 8.05. The van der Waals surface area contributed by atoms with Crippen LogP contribution in [0.3, 0.4) is 0 Å². The number of phenols is 1. The number of halogens is 1. The van der Waals surface area contributed by atoms with E-state index in [4.69, 9.17) is 5.73 Å². The van der Waals surface area contributed by atoms with Gasteiger partial charge in [0, 0.05) is 31.8 Å². The molecule has 1 fully saturated rings. The number of pyridine rings is 1. The van der Waals surface area contributed by atoms with Crippen molar-refractivity contribution in [2.45, 2.75) is 12.8 Å². The van der Waals surface area contributed by atoms with E-state index in [9.17, 15) is 15.2 Å². The standard InChI is InChI=1S/C26H28N6O2.ClH/c1-32(2)23-10-9-17(11-22(23)29-15-25(34)30-14-16-7-8-16)19-12-21(31-26(28)20(19)13-27)18-5-3-4-6-24(18)33;/h3-6,9-12,16,29,33H,7-8,14-15H2,1-2H3,(H2,28,31)(H,30,34);1H. The van der Waals surface area contributed by atoms with Crippen molar-refractivity contribution in [3.05, 3.63) is 54.1 Å². The normalized spacial score (nSPS) is 12.3. The van der Waals surface area contributed by atoms with E-state index in [2.05, 4.69) is 21.7 Å². The van der Waals surface area contributed by atoms with Gasteiger partial charge in [-0.25, -0.2) is 4.98 Å². The number of nitrogens with two attached hydrogens (primary N) is 1. The maximum absolute atomic E-state index is 12.3. The number of phenolic OH excluding ortho intramolecular Hbond substituents is 1. The number of rotatable bonds is 8. The fourth-order valence-corrected chi connectivity index (χ4v) is 3.79. The third-order valence-corrected chi connectivity index (χ3v) is 5.85. The van der Waals surface area contributed by atoms with Crippen LogP contribution in [0.1, 0.15) is 18.4 Å². The number of carbonyl (C=O) groups excluding carboxylic acids is 1. The number of carbonyl (C=O) groups is 1. The molecule has 0 saturated heterocycles. The first-order valence-corrected chi connectivity index (χ1v) is 11.2. The van der Waals surface area contributed by atoms with Crippen molar-refractivity contribution in [1.82, 2.24) is 10.3 Å². The number of nitrogens with one attached hydrogen (secondary N) is 2. The summed E-state index contributed by atoms with van der Waals surface area (Å²) in [6, 6.07) is 16.5. The first-order chi connectivity index (χ1) is 16.4. The Labute approximate surface area is 211 Å². The Morgan fingerprint density at radius 3 is 2.60 bits per heavy atom. The number of aromatic hydroxyl groups is 1. The molecule has 2 aromatic carbocycles. The number of nitrogen functional groups attached to an aromatic ring is 1. The first kappa shape index (κ1) is 25.7. The molecular weight excluding hydrogens is 464 g/mol. The Bertz CT molecular complexity index is 1270. The van der Waals surface area contributed by atoms with Gasteiger partial charge in [-0.1, -0.05) is 18.2 Å². The van der Waals surface area contributed by atoms with E-state index in [1.165, 1.54) is 12.8 Å². The number of hydrogen-bond acceptors (Lipinski definition) is 7. The molecule has 0 radical (unpaired) electrons. The van der Waals surface area contributed by atoms with Gasteiger partial charge >= 0.3 is 0 Å². The molecule has 1 aliphatic rings. The van der Waals surface area contributed by atoms with Gasteiger partial charge in [-0.2, -0.15) is 5.26 Å². The molecule has 182 valence electrons. The molecule has 0 unspecified atom stereocenters. The number of benzene rings is 2. The molecule has 1 saturated carbocycles. The fourth-order valence-electron chi connectivity index (χ4n) is 3.79. The van der Waals surface area contributed by atoms with Gasteiger partial charge in [0.1, 0.15) is 23.2 Å². The summed E-state index contributed by atoms with van der Waals surface area (Å²) in [5.74, 6) is 0.718. The van der Waals surface area contributed by atoms with Crippen LogP contribution in [-0.4, -0.2) is 43.2 Å². The molecular formula is C26H29ClN6O2. The highest BCUT2D eigenvalue weighted by Gasteiger charge is 2.21. The summed E-state index contributed by atoms with van der Waals surface area (Å²) in [6.45, 7) is 0.863. The highest BCUT2D eigenvalue weighted by molar-refractivity contribution is 5.87. The van der Waals surface area contributed by atoms with Gasteiger partial charge < -0.3 is 26.4 Å². The molecule has 0 bridgehead atoms. The monoisotopic (exact) mass is 492 g/mol. The smallest absolute Gasteiger partial charge is 0.239 e. The second kappa shape index (κ2) is 11.0. The van der Waals surface area contributed by atoms with Gasteiger partial charge in [-0.3, -0.25) is 4.79 Å². The topological polar surface area (TPSA) is 127 Å². The van der Waals surface area contributed by atoms with Gasteiger partial charge in [-0.05, 0) is 54.7 Å². The van der Waals surface area contributed by atoms with E-state index in [0.29, 0.717) is 22.7 Å². The quantitative estimate of drug-likeness (QED) is 0.374. The van der Waals surface area contributed by atoms with Crippen molar-refractivity contribution in [2.75, 3.05) is 43.1 Å². The highest BCUT2D eigenvalue weighted by atomic mass is 35.5. The minimum atomic E-state index is -0.0604. The third-order valence-electron chi connectivity index (χ3n) is 5.85. The minimum absolute atomic E-state index is 0. The number of para-hydroxylation sites is 1. The molecule has 8 nitrogen and oxygen atoms in total. The van der Waals surface area contributed by atoms with Crippen LogP contribution < -0.4 is 21.3 Å². The summed E-state index contributed by atoms with van der Waals surface area (Å²) in [5.41, 5.74) is 10.4. The molecule has 1 aromatic heterocycles. The zero-order chi connectivity index (χ0) is 24.2. The Morgan fingerprint density at radius 2 is 1.94 bits per heavy atom. The number of amides is 1. The lowest BCUT2D eigenvalue weighted by atomic mass is 9.97. The van der Waals surface area contributed by atoms with E-state index in [-0.39, 0.29) is 42.0 Å². The second-order valence-electron chi connectivity index (χ2n) is 8.67. The summed E-state index contributed by atoms with van der Waals surface area (Å²) >= 11 is 0. The van der Waals surface area contributed by atoms with Crippen molar-refractivity contribution in [1.29, 1.82) is 5.26 Å². The van der Waals surface area contributed by atoms with Crippen LogP contribution in [0.5, 0.6) is 5.75 Å².